The summed E-state index contributed by atoms with van der Waals surface area (Å²) in [7, 11) is 1.40. The van der Waals surface area contributed by atoms with Gasteiger partial charge in [-0.05, 0) is 43.0 Å². The van der Waals surface area contributed by atoms with Gasteiger partial charge in [-0.1, -0.05) is 0 Å². The second-order valence-corrected chi connectivity index (χ2v) is 5.14. The van der Waals surface area contributed by atoms with E-state index in [4.69, 9.17) is 5.73 Å². The molecule has 108 valence electrons. The van der Waals surface area contributed by atoms with E-state index in [1.807, 2.05) is 4.90 Å². The molecule has 1 fully saturated rings. The maximum absolute atomic E-state index is 12.3. The molecule has 0 spiro atoms. The van der Waals surface area contributed by atoms with Gasteiger partial charge < -0.3 is 15.4 Å². The van der Waals surface area contributed by atoms with Crippen LogP contribution in [0.4, 0.5) is 5.69 Å². The Morgan fingerprint density at radius 3 is 2.40 bits per heavy atom. The first kappa shape index (κ1) is 14.4. The summed E-state index contributed by atoms with van der Waals surface area (Å²) in [5.41, 5.74) is 6.92. The monoisotopic (exact) mass is 276 g/mol. The van der Waals surface area contributed by atoms with E-state index in [1.54, 1.807) is 24.3 Å². The van der Waals surface area contributed by atoms with Crippen LogP contribution >= 0.6 is 0 Å². The van der Waals surface area contributed by atoms with Crippen molar-refractivity contribution in [3.63, 3.8) is 0 Å². The highest BCUT2D eigenvalue weighted by atomic mass is 16.5. The van der Waals surface area contributed by atoms with Gasteiger partial charge in [-0.15, -0.1) is 0 Å². The summed E-state index contributed by atoms with van der Waals surface area (Å²) in [6.45, 7) is 1.37. The number of nitrogens with zero attached hydrogens (tertiary/aromatic N) is 1. The van der Waals surface area contributed by atoms with Crippen LogP contribution in [0.25, 0.3) is 0 Å². The number of nitrogens with two attached hydrogens (primary N) is 1. The predicted molar refractivity (Wildman–Crippen MR) is 76.1 cm³/mol. The van der Waals surface area contributed by atoms with Crippen molar-refractivity contribution in [1.29, 1.82) is 0 Å². The molecule has 1 amide bonds. The van der Waals surface area contributed by atoms with Crippen LogP contribution in [-0.2, 0) is 9.53 Å². The first-order valence-electron chi connectivity index (χ1n) is 6.82. The van der Waals surface area contributed by atoms with E-state index < -0.39 is 0 Å². The molecule has 1 heterocycles. The minimum atomic E-state index is -0.173. The highest BCUT2D eigenvalue weighted by molar-refractivity contribution is 5.94. The van der Waals surface area contributed by atoms with Crippen LogP contribution in [0, 0.1) is 5.92 Å². The van der Waals surface area contributed by atoms with Crippen molar-refractivity contribution in [3.8, 4) is 0 Å². The van der Waals surface area contributed by atoms with Crippen molar-refractivity contribution >= 4 is 17.6 Å². The van der Waals surface area contributed by atoms with Crippen molar-refractivity contribution < 1.29 is 14.3 Å². The number of methoxy groups -OCH3 is 1. The maximum Gasteiger partial charge on any atom is 0.305 e. The van der Waals surface area contributed by atoms with E-state index in [0.717, 1.165) is 12.8 Å². The number of carbonyl (C=O) groups is 2. The summed E-state index contributed by atoms with van der Waals surface area (Å²) in [6.07, 6.45) is 2.13. The van der Waals surface area contributed by atoms with Gasteiger partial charge in [0.05, 0.1) is 7.11 Å². The number of carbonyl (C=O) groups excluding carboxylic acids is 2. The van der Waals surface area contributed by atoms with Crippen LogP contribution in [0.3, 0.4) is 0 Å². The van der Waals surface area contributed by atoms with Gasteiger partial charge in [0.2, 0.25) is 0 Å². The molecule has 2 N–H and O–H groups in total. The fourth-order valence-corrected chi connectivity index (χ4v) is 2.47. The normalized spacial score (nSPS) is 15.9. The number of esters is 1. The van der Waals surface area contributed by atoms with Gasteiger partial charge in [-0.3, -0.25) is 9.59 Å². The number of nitrogen functional groups attached to an aromatic ring is 1. The molecule has 5 nitrogen and oxygen atoms in total. The van der Waals surface area contributed by atoms with E-state index in [-0.39, 0.29) is 11.9 Å². The number of amides is 1. The lowest BCUT2D eigenvalue weighted by molar-refractivity contribution is -0.142. The molecule has 2 rings (SSSR count). The topological polar surface area (TPSA) is 72.6 Å². The Morgan fingerprint density at radius 1 is 1.25 bits per heavy atom. The second-order valence-electron chi connectivity index (χ2n) is 5.14. The zero-order valence-electron chi connectivity index (χ0n) is 11.7. The van der Waals surface area contributed by atoms with Gasteiger partial charge in [0, 0.05) is 30.8 Å². The smallest absolute Gasteiger partial charge is 0.305 e. The van der Waals surface area contributed by atoms with E-state index in [9.17, 15) is 9.59 Å². The maximum atomic E-state index is 12.3. The molecule has 20 heavy (non-hydrogen) atoms. The molecule has 0 saturated carbocycles. The third kappa shape index (κ3) is 3.50. The van der Waals surface area contributed by atoms with Gasteiger partial charge in [-0.25, -0.2) is 0 Å². The number of likely N-dealkylation sites (tertiary alicyclic amines) is 1. The van der Waals surface area contributed by atoms with Crippen molar-refractivity contribution in [1.82, 2.24) is 4.90 Å². The number of hydrogen-bond donors (Lipinski definition) is 1. The summed E-state index contributed by atoms with van der Waals surface area (Å²) < 4.78 is 4.68. The minimum absolute atomic E-state index is 0.0292. The number of rotatable bonds is 3. The third-order valence-electron chi connectivity index (χ3n) is 3.74. The molecule has 0 aliphatic carbocycles. The van der Waals surface area contributed by atoms with E-state index in [0.29, 0.717) is 36.7 Å². The van der Waals surface area contributed by atoms with Crippen LogP contribution in [0.2, 0.25) is 0 Å². The standard InChI is InChI=1S/C15H20N2O3/c1-20-14(18)10-11-6-8-17(9-7-11)15(19)12-2-4-13(16)5-3-12/h2-5,11H,6-10,16H2,1H3. The van der Waals surface area contributed by atoms with Crippen LogP contribution in [0.5, 0.6) is 0 Å². The molecular formula is C15H20N2O3. The SMILES string of the molecule is COC(=O)CC1CCN(C(=O)c2ccc(N)cc2)CC1. The zero-order valence-corrected chi connectivity index (χ0v) is 11.7. The van der Waals surface area contributed by atoms with E-state index in [2.05, 4.69) is 4.74 Å². The quantitative estimate of drug-likeness (QED) is 0.673. The average molecular weight is 276 g/mol. The fourth-order valence-electron chi connectivity index (χ4n) is 2.47. The molecule has 1 aromatic carbocycles. The second kappa shape index (κ2) is 6.41. The highest BCUT2D eigenvalue weighted by Crippen LogP contribution is 2.22. The summed E-state index contributed by atoms with van der Waals surface area (Å²) >= 11 is 0. The molecule has 0 atom stereocenters. The van der Waals surface area contributed by atoms with E-state index >= 15 is 0 Å². The molecular weight excluding hydrogens is 256 g/mol. The van der Waals surface area contributed by atoms with Crippen LogP contribution in [-0.4, -0.2) is 37.0 Å². The lowest BCUT2D eigenvalue weighted by atomic mass is 9.93. The molecule has 0 bridgehead atoms. The first-order chi connectivity index (χ1) is 9.60. The highest BCUT2D eigenvalue weighted by Gasteiger charge is 2.25. The number of piperidine rings is 1. The van der Waals surface area contributed by atoms with Crippen LogP contribution < -0.4 is 5.73 Å². The molecule has 0 aromatic heterocycles. The predicted octanol–water partition coefficient (Wildman–Crippen LogP) is 1.68. The number of anilines is 1. The Morgan fingerprint density at radius 2 is 1.85 bits per heavy atom. The van der Waals surface area contributed by atoms with Gasteiger partial charge in [0.1, 0.15) is 0 Å². The Hall–Kier alpha value is -2.04. The number of ether oxygens (including phenoxy) is 1. The Kier molecular flexibility index (Phi) is 4.61. The molecule has 1 aromatic rings. The van der Waals surface area contributed by atoms with Gasteiger partial charge in [0.25, 0.3) is 5.91 Å². The molecule has 0 radical (unpaired) electrons. The third-order valence-corrected chi connectivity index (χ3v) is 3.74. The zero-order chi connectivity index (χ0) is 14.5. The van der Waals surface area contributed by atoms with Crippen molar-refractivity contribution in [2.24, 2.45) is 5.92 Å². The average Bonchev–Trinajstić information content (AvgIpc) is 2.48. The molecule has 1 aliphatic rings. The van der Waals surface area contributed by atoms with E-state index in [1.165, 1.54) is 7.11 Å². The Labute approximate surface area is 118 Å². The fraction of sp³-hybridized carbons (Fsp3) is 0.467. The first-order valence-corrected chi connectivity index (χ1v) is 6.82. The summed E-state index contributed by atoms with van der Waals surface area (Å²) in [5.74, 6) is 0.174. The van der Waals surface area contributed by atoms with Gasteiger partial charge in [-0.2, -0.15) is 0 Å². The molecule has 1 aliphatic heterocycles. The van der Waals surface area contributed by atoms with Gasteiger partial charge in [0.15, 0.2) is 0 Å². The minimum Gasteiger partial charge on any atom is -0.469 e. The Balaban J connectivity index is 1.88. The van der Waals surface area contributed by atoms with Crippen molar-refractivity contribution in [3.05, 3.63) is 29.8 Å². The number of benzene rings is 1. The summed E-state index contributed by atoms with van der Waals surface area (Å²) in [5, 5.41) is 0. The molecule has 0 unspecified atom stereocenters. The lowest BCUT2D eigenvalue weighted by Gasteiger charge is -2.31. The van der Waals surface area contributed by atoms with Crippen LogP contribution in [0.15, 0.2) is 24.3 Å². The summed E-state index contributed by atoms with van der Waals surface area (Å²) in [4.78, 5) is 25.4. The number of hydrogen-bond acceptors (Lipinski definition) is 4. The van der Waals surface area contributed by atoms with Crippen molar-refractivity contribution in [2.75, 3.05) is 25.9 Å². The van der Waals surface area contributed by atoms with Gasteiger partial charge >= 0.3 is 5.97 Å². The van der Waals surface area contributed by atoms with Crippen LogP contribution in [0.1, 0.15) is 29.6 Å². The Bertz CT molecular complexity index is 476. The van der Waals surface area contributed by atoms with Crippen molar-refractivity contribution in [2.45, 2.75) is 19.3 Å². The summed E-state index contributed by atoms with van der Waals surface area (Å²) in [6, 6.07) is 6.96. The lowest BCUT2D eigenvalue weighted by Crippen LogP contribution is -2.38. The largest absolute Gasteiger partial charge is 0.469 e. The molecule has 5 heteroatoms. The molecule has 1 saturated heterocycles.